The lowest BCUT2D eigenvalue weighted by molar-refractivity contribution is -0.110. The maximum atomic E-state index is 13.7. The van der Waals surface area contributed by atoms with E-state index in [-0.39, 0.29) is 23.8 Å². The second-order valence-corrected chi connectivity index (χ2v) is 12.4. The molecule has 0 aliphatic carbocycles. The summed E-state index contributed by atoms with van der Waals surface area (Å²) in [5, 5.41) is 5.96. The van der Waals surface area contributed by atoms with Gasteiger partial charge in [0.1, 0.15) is 0 Å². The zero-order chi connectivity index (χ0) is 31.0. The summed E-state index contributed by atoms with van der Waals surface area (Å²) < 4.78 is 0. The highest BCUT2D eigenvalue weighted by Gasteiger charge is 2.31. The van der Waals surface area contributed by atoms with Crippen LogP contribution >= 0.6 is 0 Å². The van der Waals surface area contributed by atoms with E-state index in [0.717, 1.165) is 61.8 Å². The number of amides is 3. The van der Waals surface area contributed by atoms with Gasteiger partial charge in [0.15, 0.2) is 0 Å². The predicted molar refractivity (Wildman–Crippen MR) is 174 cm³/mol. The molecule has 3 N–H and O–H groups in total. The number of benzene rings is 2. The Morgan fingerprint density at radius 1 is 0.977 bits per heavy atom. The molecule has 3 amide bonds. The monoisotopic (exact) mass is 594 g/mol. The van der Waals surface area contributed by atoms with Crippen molar-refractivity contribution in [2.45, 2.75) is 45.7 Å². The molecule has 3 aliphatic rings. The molecule has 9 heteroatoms. The van der Waals surface area contributed by atoms with Crippen LogP contribution in [0.2, 0.25) is 0 Å². The number of aromatic nitrogens is 1. The molecule has 1 atom stereocenters. The first-order valence-corrected chi connectivity index (χ1v) is 15.6. The highest BCUT2D eigenvalue weighted by molar-refractivity contribution is 6.35. The molecule has 4 heterocycles. The topological polar surface area (TPSA) is 101 Å². The number of hydrogen-bond acceptors (Lipinski definition) is 5. The van der Waals surface area contributed by atoms with E-state index in [2.05, 4.69) is 32.5 Å². The van der Waals surface area contributed by atoms with Crippen LogP contribution in [0.3, 0.4) is 0 Å². The van der Waals surface area contributed by atoms with Gasteiger partial charge in [0, 0.05) is 60.4 Å². The van der Waals surface area contributed by atoms with Crippen molar-refractivity contribution in [2.24, 2.45) is 0 Å². The van der Waals surface area contributed by atoms with Crippen molar-refractivity contribution >= 4 is 35.1 Å². The standard InChI is InChI=1S/C35H42N6O3/c1-22-31(36-24(3)32(22)35(44)41-18-16-40(17-19-41)27-12-14-39(4)15-13-27)21-29-28-20-26(10-11-30(28)38-34(29)43)33(42)37-23(2)25-8-6-5-7-9-25/h5-11,20-21,23,27,36H,12-19H2,1-4H3,(H,37,42)(H,38,43)/b29-21-/t23-/m0/s1. The summed E-state index contributed by atoms with van der Waals surface area (Å²) in [4.78, 5) is 50.2. The van der Waals surface area contributed by atoms with Crippen LogP contribution in [-0.4, -0.2) is 89.8 Å². The van der Waals surface area contributed by atoms with Gasteiger partial charge in [0.05, 0.1) is 17.2 Å². The average Bonchev–Trinajstić information content (AvgIpc) is 3.50. The quantitative estimate of drug-likeness (QED) is 0.366. The highest BCUT2D eigenvalue weighted by Crippen LogP contribution is 2.35. The van der Waals surface area contributed by atoms with E-state index < -0.39 is 0 Å². The molecule has 0 unspecified atom stereocenters. The van der Waals surface area contributed by atoms with Crippen LogP contribution < -0.4 is 10.6 Å². The number of aryl methyl sites for hydroxylation is 1. The van der Waals surface area contributed by atoms with Gasteiger partial charge < -0.3 is 25.4 Å². The van der Waals surface area contributed by atoms with Gasteiger partial charge in [-0.1, -0.05) is 30.3 Å². The summed E-state index contributed by atoms with van der Waals surface area (Å²) in [5.74, 6) is -0.412. The van der Waals surface area contributed by atoms with Crippen LogP contribution in [0, 0.1) is 13.8 Å². The maximum Gasteiger partial charge on any atom is 0.256 e. The first kappa shape index (κ1) is 29.8. The molecule has 2 aromatic carbocycles. The zero-order valence-corrected chi connectivity index (χ0v) is 26.1. The van der Waals surface area contributed by atoms with Crippen LogP contribution in [0.4, 0.5) is 5.69 Å². The highest BCUT2D eigenvalue weighted by atomic mass is 16.2. The van der Waals surface area contributed by atoms with Gasteiger partial charge in [-0.05, 0) is 89.2 Å². The molecule has 6 rings (SSSR count). The van der Waals surface area contributed by atoms with Crippen molar-refractivity contribution in [3.8, 4) is 0 Å². The summed E-state index contributed by atoms with van der Waals surface area (Å²) in [6.07, 6.45) is 4.18. The number of carbonyl (C=O) groups is 3. The van der Waals surface area contributed by atoms with E-state index in [9.17, 15) is 14.4 Å². The van der Waals surface area contributed by atoms with Gasteiger partial charge in [-0.3, -0.25) is 19.3 Å². The molecule has 2 fully saturated rings. The van der Waals surface area contributed by atoms with E-state index in [0.29, 0.717) is 34.0 Å². The third-order valence-corrected chi connectivity index (χ3v) is 9.50. The van der Waals surface area contributed by atoms with Crippen LogP contribution in [0.25, 0.3) is 11.6 Å². The lowest BCUT2D eigenvalue weighted by Gasteiger charge is -2.42. The van der Waals surface area contributed by atoms with Crippen LogP contribution in [0.5, 0.6) is 0 Å². The predicted octanol–water partition coefficient (Wildman–Crippen LogP) is 4.47. The van der Waals surface area contributed by atoms with Crippen molar-refractivity contribution < 1.29 is 14.4 Å². The number of carbonyl (C=O) groups excluding carboxylic acids is 3. The van der Waals surface area contributed by atoms with E-state index in [1.165, 1.54) is 12.8 Å². The third-order valence-electron chi connectivity index (χ3n) is 9.50. The number of fused-ring (bicyclic) bond motifs is 1. The van der Waals surface area contributed by atoms with Gasteiger partial charge in [0.25, 0.3) is 17.7 Å². The van der Waals surface area contributed by atoms with Gasteiger partial charge >= 0.3 is 0 Å². The Morgan fingerprint density at radius 2 is 1.68 bits per heavy atom. The third kappa shape index (κ3) is 5.94. The Kier molecular flexibility index (Phi) is 8.42. The second kappa shape index (κ2) is 12.4. The fourth-order valence-corrected chi connectivity index (χ4v) is 6.77. The molecule has 1 aromatic heterocycles. The average molecular weight is 595 g/mol. The molecular formula is C35H42N6O3. The molecule has 230 valence electrons. The molecule has 0 saturated carbocycles. The number of aromatic amines is 1. The number of piperidine rings is 1. The fraction of sp³-hybridized carbons (Fsp3) is 0.400. The SMILES string of the molecule is Cc1[nH]c(/C=C2\C(=O)Nc3ccc(C(=O)N[C@@H](C)c4ccccc4)cc32)c(C)c1C(=O)N1CCN(C2CCN(C)CC2)CC1. The van der Waals surface area contributed by atoms with E-state index in [4.69, 9.17) is 0 Å². The molecule has 0 bridgehead atoms. The van der Waals surface area contributed by atoms with Crippen molar-refractivity contribution in [3.05, 3.63) is 87.7 Å². The zero-order valence-electron chi connectivity index (χ0n) is 26.1. The number of hydrogen-bond donors (Lipinski definition) is 3. The normalized spacial score (nSPS) is 19.6. The number of nitrogens with one attached hydrogen (secondary N) is 3. The lowest BCUT2D eigenvalue weighted by Crippen LogP contribution is -2.54. The molecule has 3 aromatic rings. The molecule has 0 radical (unpaired) electrons. The van der Waals surface area contributed by atoms with Crippen LogP contribution in [0.15, 0.2) is 48.5 Å². The molecule has 3 aliphatic heterocycles. The van der Waals surface area contributed by atoms with Crippen molar-refractivity contribution in [1.29, 1.82) is 0 Å². The number of H-pyrrole nitrogens is 1. The minimum absolute atomic E-state index is 0.0340. The Bertz CT molecular complexity index is 1590. The Morgan fingerprint density at radius 3 is 2.39 bits per heavy atom. The van der Waals surface area contributed by atoms with Crippen LogP contribution in [0.1, 0.15) is 74.6 Å². The summed E-state index contributed by atoms with van der Waals surface area (Å²) in [6, 6.07) is 15.5. The number of rotatable bonds is 6. The summed E-state index contributed by atoms with van der Waals surface area (Å²) in [5.41, 5.74) is 6.29. The first-order valence-electron chi connectivity index (χ1n) is 15.6. The maximum absolute atomic E-state index is 13.7. The molecule has 44 heavy (non-hydrogen) atoms. The smallest absolute Gasteiger partial charge is 0.256 e. The Hall–Kier alpha value is -4.21. The van der Waals surface area contributed by atoms with E-state index >= 15 is 0 Å². The number of piperazine rings is 1. The van der Waals surface area contributed by atoms with E-state index in [1.54, 1.807) is 24.3 Å². The largest absolute Gasteiger partial charge is 0.358 e. The number of nitrogens with zero attached hydrogens (tertiary/aromatic N) is 3. The van der Waals surface area contributed by atoms with Crippen molar-refractivity contribution in [3.63, 3.8) is 0 Å². The Labute approximate surface area is 259 Å². The second-order valence-electron chi connectivity index (χ2n) is 12.4. The summed E-state index contributed by atoms with van der Waals surface area (Å²) in [6.45, 7) is 11.3. The van der Waals surface area contributed by atoms with Crippen molar-refractivity contribution in [2.75, 3.05) is 51.6 Å². The molecule has 2 saturated heterocycles. The molecular weight excluding hydrogens is 552 g/mol. The van der Waals surface area contributed by atoms with Crippen molar-refractivity contribution in [1.82, 2.24) is 25.0 Å². The molecule has 9 nitrogen and oxygen atoms in total. The number of anilines is 1. The van der Waals surface area contributed by atoms with Gasteiger partial charge in [0.2, 0.25) is 0 Å². The van der Waals surface area contributed by atoms with Gasteiger partial charge in [-0.2, -0.15) is 0 Å². The minimum Gasteiger partial charge on any atom is -0.358 e. The Balaban J connectivity index is 1.18. The summed E-state index contributed by atoms with van der Waals surface area (Å²) in [7, 11) is 2.18. The van der Waals surface area contributed by atoms with Crippen LogP contribution in [-0.2, 0) is 4.79 Å². The first-order chi connectivity index (χ1) is 21.2. The van der Waals surface area contributed by atoms with Gasteiger partial charge in [-0.15, -0.1) is 0 Å². The molecule has 0 spiro atoms. The van der Waals surface area contributed by atoms with E-state index in [1.807, 2.05) is 56.0 Å². The minimum atomic E-state index is -0.236. The number of likely N-dealkylation sites (tertiary alicyclic amines) is 1. The summed E-state index contributed by atoms with van der Waals surface area (Å²) >= 11 is 0. The van der Waals surface area contributed by atoms with Gasteiger partial charge in [-0.25, -0.2) is 0 Å². The lowest BCUT2D eigenvalue weighted by atomic mass is 10.0. The fourth-order valence-electron chi connectivity index (χ4n) is 6.77.